The quantitative estimate of drug-likeness (QED) is 0.602. The van der Waals surface area contributed by atoms with E-state index in [2.05, 4.69) is 11.8 Å². The lowest BCUT2D eigenvalue weighted by Gasteiger charge is -2.22. The van der Waals surface area contributed by atoms with Crippen molar-refractivity contribution in [3.63, 3.8) is 0 Å². The molecular weight excluding hydrogens is 294 g/mol. The van der Waals surface area contributed by atoms with Gasteiger partial charge >= 0.3 is 0 Å². The van der Waals surface area contributed by atoms with Crippen LogP contribution in [0.1, 0.15) is 11.1 Å². The molecule has 2 aromatic rings. The number of rotatable bonds is 7. The molecule has 2 N–H and O–H groups in total. The maximum absolute atomic E-state index is 8.92. The van der Waals surface area contributed by atoms with Crippen molar-refractivity contribution in [1.82, 2.24) is 0 Å². The third-order valence-electron chi connectivity index (χ3n) is 2.82. The van der Waals surface area contributed by atoms with Crippen molar-refractivity contribution < 1.29 is 19.9 Å². The minimum atomic E-state index is -0.142. The van der Waals surface area contributed by atoms with E-state index in [1.807, 2.05) is 48.5 Å². The summed E-state index contributed by atoms with van der Waals surface area (Å²) in [6, 6.07) is 17.0. The second-order valence-electron chi connectivity index (χ2n) is 4.50. The molecule has 0 aliphatic rings. The van der Waals surface area contributed by atoms with Gasteiger partial charge in [-0.15, -0.1) is 5.23 Å². The maximum Gasteiger partial charge on any atom is 0.110 e. The molecule has 120 valence electrons. The first-order chi connectivity index (χ1) is 11.3. The lowest BCUT2D eigenvalue weighted by Crippen LogP contribution is -2.27. The van der Waals surface area contributed by atoms with E-state index in [1.165, 1.54) is 5.23 Å². The molecule has 5 heteroatoms. The van der Waals surface area contributed by atoms with Gasteiger partial charge < -0.3 is 10.2 Å². The van der Waals surface area contributed by atoms with Gasteiger partial charge in [0.15, 0.2) is 0 Å². The summed E-state index contributed by atoms with van der Waals surface area (Å²) in [6.07, 6.45) is 0. The van der Waals surface area contributed by atoms with Gasteiger partial charge in [-0.05, 0) is 24.3 Å². The number of aliphatic hydroxyl groups excluding tert-OH is 2. The molecule has 0 saturated carbocycles. The monoisotopic (exact) mass is 313 g/mol. The summed E-state index contributed by atoms with van der Waals surface area (Å²) >= 11 is 0. The molecule has 0 spiro atoms. The molecular formula is C18H19NO4. The lowest BCUT2D eigenvalue weighted by atomic mass is 10.1. The molecule has 5 nitrogen and oxygen atoms in total. The van der Waals surface area contributed by atoms with E-state index in [0.717, 1.165) is 5.56 Å². The number of aliphatic hydroxyl groups is 2. The van der Waals surface area contributed by atoms with E-state index in [0.29, 0.717) is 11.3 Å². The summed E-state index contributed by atoms with van der Waals surface area (Å²) in [5.74, 6) is 6.17. The van der Waals surface area contributed by atoms with Gasteiger partial charge in [0.1, 0.15) is 18.9 Å². The smallest absolute Gasteiger partial charge is 0.110 e. The zero-order chi connectivity index (χ0) is 16.3. The third kappa shape index (κ3) is 5.40. The molecule has 0 atom stereocenters. The largest absolute Gasteiger partial charge is 0.394 e. The minimum Gasteiger partial charge on any atom is -0.394 e. The van der Waals surface area contributed by atoms with Gasteiger partial charge in [0.05, 0.1) is 18.8 Å². The van der Waals surface area contributed by atoms with E-state index in [-0.39, 0.29) is 26.4 Å². The Bertz CT molecular complexity index is 641. The Morgan fingerprint density at radius 3 is 2.04 bits per heavy atom. The van der Waals surface area contributed by atoms with Crippen LogP contribution in [0.3, 0.4) is 0 Å². The summed E-state index contributed by atoms with van der Waals surface area (Å²) in [7, 11) is 0. The highest BCUT2D eigenvalue weighted by Crippen LogP contribution is 2.20. The zero-order valence-corrected chi connectivity index (χ0v) is 12.7. The molecule has 0 unspecified atom stereocenters. The second kappa shape index (κ2) is 9.62. The fourth-order valence-electron chi connectivity index (χ4n) is 1.82. The highest BCUT2D eigenvalue weighted by atomic mass is 16.9. The zero-order valence-electron chi connectivity index (χ0n) is 12.7. The van der Waals surface area contributed by atoms with E-state index >= 15 is 0 Å². The first-order valence-electron chi connectivity index (χ1n) is 7.29. The molecule has 0 bridgehead atoms. The fourth-order valence-corrected chi connectivity index (χ4v) is 1.82. The topological polar surface area (TPSA) is 62.2 Å². The molecule has 0 saturated heterocycles. The van der Waals surface area contributed by atoms with Crippen molar-refractivity contribution in [2.75, 3.05) is 31.7 Å². The number of benzene rings is 2. The molecule has 0 radical (unpaired) electrons. The normalized spacial score (nSPS) is 10.0. The van der Waals surface area contributed by atoms with Crippen LogP contribution in [0.15, 0.2) is 54.6 Å². The average Bonchev–Trinajstić information content (AvgIpc) is 2.61. The van der Waals surface area contributed by atoms with Crippen LogP contribution in [0.5, 0.6) is 0 Å². The predicted octanol–water partition coefficient (Wildman–Crippen LogP) is 1.74. The molecule has 0 amide bonds. The molecule has 2 rings (SSSR count). The minimum absolute atomic E-state index is 0.0753. The van der Waals surface area contributed by atoms with Gasteiger partial charge in [-0.25, -0.2) is 9.68 Å². The highest BCUT2D eigenvalue weighted by molar-refractivity contribution is 5.59. The molecule has 0 aliphatic carbocycles. The summed E-state index contributed by atoms with van der Waals surface area (Å²) in [6.45, 7) is -0.133. The summed E-state index contributed by atoms with van der Waals surface area (Å²) in [4.78, 5) is 10.7. The van der Waals surface area contributed by atoms with Crippen molar-refractivity contribution in [2.24, 2.45) is 0 Å². The molecule has 23 heavy (non-hydrogen) atoms. The van der Waals surface area contributed by atoms with Crippen LogP contribution in [0, 0.1) is 11.8 Å². The molecule has 0 aromatic heterocycles. The number of para-hydroxylation sites is 1. The lowest BCUT2D eigenvalue weighted by molar-refractivity contribution is -0.103. The van der Waals surface area contributed by atoms with E-state index < -0.39 is 0 Å². The number of hydrogen-bond acceptors (Lipinski definition) is 5. The number of nitrogens with zero attached hydrogens (tertiary/aromatic N) is 1. The van der Waals surface area contributed by atoms with Crippen LogP contribution in [-0.2, 0) is 9.68 Å². The fraction of sp³-hybridized carbons (Fsp3) is 0.222. The Hall–Kier alpha value is -2.36. The first-order valence-corrected chi connectivity index (χ1v) is 7.29. The van der Waals surface area contributed by atoms with E-state index in [4.69, 9.17) is 19.9 Å². The molecule has 2 aromatic carbocycles. The van der Waals surface area contributed by atoms with Crippen LogP contribution in [0.2, 0.25) is 0 Å². The van der Waals surface area contributed by atoms with Crippen LogP contribution in [0.25, 0.3) is 0 Å². The Labute approximate surface area is 135 Å². The standard InChI is InChI=1S/C18H19NO4/c20-12-14-22-19(23-15-13-21)18-9-5-4-8-17(18)11-10-16-6-2-1-3-7-16/h1-9,20-21H,12-15H2. The molecule has 0 aliphatic heterocycles. The van der Waals surface area contributed by atoms with Crippen LogP contribution < -0.4 is 5.23 Å². The van der Waals surface area contributed by atoms with Gasteiger partial charge in [0.2, 0.25) is 0 Å². The maximum atomic E-state index is 8.92. The first kappa shape index (κ1) is 17.0. The van der Waals surface area contributed by atoms with Crippen molar-refractivity contribution in [3.05, 3.63) is 65.7 Å². The van der Waals surface area contributed by atoms with Crippen LogP contribution in [0.4, 0.5) is 5.69 Å². The van der Waals surface area contributed by atoms with Gasteiger partial charge in [-0.3, -0.25) is 0 Å². The average molecular weight is 313 g/mol. The Balaban J connectivity index is 2.25. The van der Waals surface area contributed by atoms with Crippen molar-refractivity contribution in [2.45, 2.75) is 0 Å². The Morgan fingerprint density at radius 1 is 0.783 bits per heavy atom. The van der Waals surface area contributed by atoms with Crippen molar-refractivity contribution in [1.29, 1.82) is 0 Å². The van der Waals surface area contributed by atoms with Crippen molar-refractivity contribution >= 4 is 5.69 Å². The molecule has 0 heterocycles. The van der Waals surface area contributed by atoms with Crippen LogP contribution >= 0.6 is 0 Å². The summed E-state index contributed by atoms with van der Waals surface area (Å²) in [5.41, 5.74) is 2.23. The van der Waals surface area contributed by atoms with Crippen molar-refractivity contribution in [3.8, 4) is 11.8 Å². The Morgan fingerprint density at radius 2 is 1.39 bits per heavy atom. The van der Waals surface area contributed by atoms with Gasteiger partial charge in [0.25, 0.3) is 0 Å². The third-order valence-corrected chi connectivity index (χ3v) is 2.82. The summed E-state index contributed by atoms with van der Waals surface area (Å²) < 4.78 is 0. The number of hydrogen-bond donors (Lipinski definition) is 2. The van der Waals surface area contributed by atoms with Gasteiger partial charge in [-0.2, -0.15) is 0 Å². The highest BCUT2D eigenvalue weighted by Gasteiger charge is 2.11. The molecule has 0 fully saturated rings. The van der Waals surface area contributed by atoms with Gasteiger partial charge in [-0.1, -0.05) is 42.2 Å². The SMILES string of the molecule is OCCON(OCCO)c1ccccc1C#Cc1ccccc1. The second-order valence-corrected chi connectivity index (χ2v) is 4.50. The van der Waals surface area contributed by atoms with Gasteiger partial charge in [0, 0.05) is 5.56 Å². The van der Waals surface area contributed by atoms with Crippen LogP contribution in [-0.4, -0.2) is 36.6 Å². The summed E-state index contributed by atoms with van der Waals surface area (Å²) in [5, 5.41) is 19.0. The van der Waals surface area contributed by atoms with E-state index in [1.54, 1.807) is 6.07 Å². The van der Waals surface area contributed by atoms with E-state index in [9.17, 15) is 0 Å². The predicted molar refractivity (Wildman–Crippen MR) is 87.4 cm³/mol. The number of anilines is 1. The Kier molecular flexibility index (Phi) is 7.11.